The van der Waals surface area contributed by atoms with E-state index in [4.69, 9.17) is 0 Å². The number of rotatable bonds is 5. The van der Waals surface area contributed by atoms with Gasteiger partial charge in [-0.2, -0.15) is 8.78 Å². The van der Waals surface area contributed by atoms with E-state index in [1.165, 1.54) is 12.1 Å². The molecule has 1 N–H and O–H groups in total. The van der Waals surface area contributed by atoms with Crippen LogP contribution in [0, 0.1) is 0 Å². The third-order valence-corrected chi connectivity index (χ3v) is 2.49. The first-order valence-electron chi connectivity index (χ1n) is 5.83. The molecule has 20 heavy (non-hydrogen) atoms. The van der Waals surface area contributed by atoms with Crippen LogP contribution in [0.5, 0.6) is 5.88 Å². The predicted octanol–water partition coefficient (Wildman–Crippen LogP) is 2.15. The topological polar surface area (TPSA) is 69.0 Å². The normalized spacial score (nSPS) is 10.6. The van der Waals surface area contributed by atoms with Crippen LogP contribution in [-0.2, 0) is 6.54 Å². The van der Waals surface area contributed by atoms with Crippen LogP contribution < -0.4 is 10.1 Å². The van der Waals surface area contributed by atoms with E-state index in [-0.39, 0.29) is 11.4 Å². The molecule has 0 saturated heterocycles. The highest BCUT2D eigenvalue weighted by Crippen LogP contribution is 2.12. The van der Waals surface area contributed by atoms with Gasteiger partial charge in [0.05, 0.1) is 5.56 Å². The van der Waals surface area contributed by atoms with E-state index in [9.17, 15) is 13.6 Å². The van der Waals surface area contributed by atoms with Gasteiger partial charge in [0.2, 0.25) is 11.8 Å². The van der Waals surface area contributed by atoms with Gasteiger partial charge >= 0.3 is 6.61 Å². The lowest BCUT2D eigenvalue weighted by atomic mass is 10.3. The van der Waals surface area contributed by atoms with E-state index < -0.39 is 12.5 Å². The number of nitrogens with zero attached hydrogens (tertiary/aromatic N) is 3. The van der Waals surface area contributed by atoms with Crippen LogP contribution >= 0.6 is 0 Å². The predicted molar refractivity (Wildman–Crippen MR) is 66.7 cm³/mol. The molecule has 2 rings (SSSR count). The molecule has 0 aromatic carbocycles. The second-order valence-corrected chi connectivity index (χ2v) is 3.75. The fraction of sp³-hybridized carbons (Fsp3) is 0.250. The third-order valence-electron chi connectivity index (χ3n) is 2.49. The molecular formula is C12H12F2N4O2. The lowest BCUT2D eigenvalue weighted by molar-refractivity contribution is -0.0528. The molecule has 2 heterocycles. The van der Waals surface area contributed by atoms with Crippen molar-refractivity contribution < 1.29 is 18.3 Å². The quantitative estimate of drug-likeness (QED) is 0.912. The van der Waals surface area contributed by atoms with Gasteiger partial charge in [0.25, 0.3) is 5.91 Å². The number of halogens is 2. The van der Waals surface area contributed by atoms with E-state index >= 15 is 0 Å². The monoisotopic (exact) mass is 282 g/mol. The van der Waals surface area contributed by atoms with Gasteiger partial charge in [-0.05, 0) is 13.0 Å². The summed E-state index contributed by atoms with van der Waals surface area (Å²) in [5.41, 5.74) is 0.220. The van der Waals surface area contributed by atoms with Crippen LogP contribution in [0.15, 0.2) is 30.7 Å². The van der Waals surface area contributed by atoms with Gasteiger partial charge in [0.1, 0.15) is 0 Å². The summed E-state index contributed by atoms with van der Waals surface area (Å²) >= 11 is 0. The number of alkyl halides is 2. The standard InChI is InChI=1S/C12H12F2N4O2/c1-2-18-6-5-15-12(18)17-10(19)8-3-4-9(16-7-8)20-11(13)14/h3-7,11H,2H2,1H3,(H,15,17,19). The number of hydrogen-bond acceptors (Lipinski definition) is 4. The van der Waals surface area contributed by atoms with Crippen molar-refractivity contribution in [2.75, 3.05) is 5.32 Å². The number of carbonyl (C=O) groups excluding carboxylic acids is 1. The number of ether oxygens (including phenoxy) is 1. The summed E-state index contributed by atoms with van der Waals surface area (Å²) in [7, 11) is 0. The second kappa shape index (κ2) is 6.09. The molecule has 0 unspecified atom stereocenters. The zero-order chi connectivity index (χ0) is 14.5. The van der Waals surface area contributed by atoms with Gasteiger partial charge in [-0.15, -0.1) is 0 Å². The Bertz CT molecular complexity index is 583. The SMILES string of the molecule is CCn1ccnc1NC(=O)c1ccc(OC(F)F)nc1. The van der Waals surface area contributed by atoms with E-state index in [0.717, 1.165) is 6.20 Å². The van der Waals surface area contributed by atoms with Crippen molar-refractivity contribution in [2.24, 2.45) is 0 Å². The van der Waals surface area contributed by atoms with Crippen molar-refractivity contribution in [1.82, 2.24) is 14.5 Å². The Morgan fingerprint density at radius 3 is 2.85 bits per heavy atom. The minimum absolute atomic E-state index is 0.220. The highest BCUT2D eigenvalue weighted by atomic mass is 19.3. The first-order chi connectivity index (χ1) is 9.60. The maximum absolute atomic E-state index is 12.0. The van der Waals surface area contributed by atoms with E-state index in [0.29, 0.717) is 12.5 Å². The van der Waals surface area contributed by atoms with Gasteiger partial charge in [0.15, 0.2) is 0 Å². The number of amides is 1. The first-order valence-corrected chi connectivity index (χ1v) is 5.83. The fourth-order valence-electron chi connectivity index (χ4n) is 1.54. The summed E-state index contributed by atoms with van der Waals surface area (Å²) in [5.74, 6) is -0.265. The molecule has 0 atom stereocenters. The maximum atomic E-state index is 12.0. The number of nitrogens with one attached hydrogen (secondary N) is 1. The number of imidazole rings is 1. The van der Waals surface area contributed by atoms with Crippen molar-refractivity contribution >= 4 is 11.9 Å². The van der Waals surface area contributed by atoms with Crippen molar-refractivity contribution in [3.05, 3.63) is 36.3 Å². The Morgan fingerprint density at radius 1 is 1.45 bits per heavy atom. The molecule has 0 radical (unpaired) electrons. The molecule has 2 aromatic rings. The summed E-state index contributed by atoms with van der Waals surface area (Å²) < 4.78 is 29.8. The molecule has 0 bridgehead atoms. The lowest BCUT2D eigenvalue weighted by Gasteiger charge is -2.07. The fourth-order valence-corrected chi connectivity index (χ4v) is 1.54. The molecule has 0 aliphatic heterocycles. The summed E-state index contributed by atoms with van der Waals surface area (Å²) in [6.07, 6.45) is 4.46. The number of hydrogen-bond donors (Lipinski definition) is 1. The molecule has 2 aromatic heterocycles. The van der Waals surface area contributed by atoms with Crippen LogP contribution in [0.1, 0.15) is 17.3 Å². The molecule has 0 aliphatic carbocycles. The molecule has 0 aliphatic rings. The van der Waals surface area contributed by atoms with Crippen LogP contribution in [-0.4, -0.2) is 27.1 Å². The average Bonchev–Trinajstić information content (AvgIpc) is 2.86. The third kappa shape index (κ3) is 3.28. The van der Waals surface area contributed by atoms with E-state index in [2.05, 4.69) is 20.0 Å². The minimum Gasteiger partial charge on any atom is -0.417 e. The first kappa shape index (κ1) is 13.9. The summed E-state index contributed by atoms with van der Waals surface area (Å²) in [6.45, 7) is -0.371. The Balaban J connectivity index is 2.06. The summed E-state index contributed by atoms with van der Waals surface area (Å²) in [4.78, 5) is 19.5. The highest BCUT2D eigenvalue weighted by molar-refractivity contribution is 6.03. The van der Waals surface area contributed by atoms with Gasteiger partial charge in [-0.3, -0.25) is 10.1 Å². The molecule has 1 amide bonds. The smallest absolute Gasteiger partial charge is 0.388 e. The Labute approximate surface area is 113 Å². The number of aromatic nitrogens is 3. The number of pyridine rings is 1. The summed E-state index contributed by atoms with van der Waals surface area (Å²) in [6, 6.07) is 2.55. The maximum Gasteiger partial charge on any atom is 0.388 e. The van der Waals surface area contributed by atoms with Crippen LogP contribution in [0.3, 0.4) is 0 Å². The van der Waals surface area contributed by atoms with E-state index in [1.807, 2.05) is 6.92 Å². The molecular weight excluding hydrogens is 270 g/mol. The Morgan fingerprint density at radius 2 is 2.25 bits per heavy atom. The molecule has 8 heteroatoms. The number of carbonyl (C=O) groups is 1. The molecule has 0 saturated carbocycles. The molecule has 0 fully saturated rings. The number of anilines is 1. The number of aryl methyl sites for hydroxylation is 1. The zero-order valence-electron chi connectivity index (χ0n) is 10.6. The largest absolute Gasteiger partial charge is 0.417 e. The van der Waals surface area contributed by atoms with Gasteiger partial charge in [0, 0.05) is 31.2 Å². The van der Waals surface area contributed by atoms with Crippen LogP contribution in [0.4, 0.5) is 14.7 Å². The molecule has 6 nitrogen and oxygen atoms in total. The Kier molecular flexibility index (Phi) is 4.24. The van der Waals surface area contributed by atoms with E-state index in [1.54, 1.807) is 17.0 Å². The van der Waals surface area contributed by atoms with Crippen molar-refractivity contribution in [1.29, 1.82) is 0 Å². The lowest BCUT2D eigenvalue weighted by Crippen LogP contribution is -2.16. The Hall–Kier alpha value is -2.51. The highest BCUT2D eigenvalue weighted by Gasteiger charge is 2.11. The molecule has 106 valence electrons. The van der Waals surface area contributed by atoms with Gasteiger partial charge < -0.3 is 9.30 Å². The zero-order valence-corrected chi connectivity index (χ0v) is 10.6. The van der Waals surface area contributed by atoms with Crippen molar-refractivity contribution in [2.45, 2.75) is 20.1 Å². The second-order valence-electron chi connectivity index (χ2n) is 3.75. The average molecular weight is 282 g/mol. The summed E-state index contributed by atoms with van der Waals surface area (Å²) in [5, 5.41) is 2.60. The minimum atomic E-state index is -2.95. The van der Waals surface area contributed by atoms with Gasteiger partial charge in [-0.1, -0.05) is 0 Å². The van der Waals surface area contributed by atoms with Crippen LogP contribution in [0.25, 0.3) is 0 Å². The molecule has 0 spiro atoms. The van der Waals surface area contributed by atoms with Crippen LogP contribution in [0.2, 0.25) is 0 Å². The van der Waals surface area contributed by atoms with Gasteiger partial charge in [-0.25, -0.2) is 9.97 Å². The van der Waals surface area contributed by atoms with Crippen molar-refractivity contribution in [3.8, 4) is 5.88 Å². The van der Waals surface area contributed by atoms with Crippen molar-refractivity contribution in [3.63, 3.8) is 0 Å².